The highest BCUT2D eigenvalue weighted by Crippen LogP contribution is 2.02. The predicted molar refractivity (Wildman–Crippen MR) is 44.5 cm³/mol. The molecule has 1 unspecified atom stereocenters. The number of nitrogens with one attached hydrogen (secondary N) is 1. The van der Waals surface area contributed by atoms with Crippen LogP contribution in [0, 0.1) is 0 Å². The highest BCUT2D eigenvalue weighted by Gasteiger charge is 2.16. The average molecular weight is 166 g/mol. The molecule has 0 aromatic rings. The number of hydrogen-bond acceptors (Lipinski definition) is 2. The van der Waals surface area contributed by atoms with Gasteiger partial charge in [-0.25, -0.2) is 0 Å². The Morgan fingerprint density at radius 2 is 2.20 bits per heavy atom. The molecule has 0 saturated heterocycles. The fourth-order valence-corrected chi connectivity index (χ4v) is 0.676. The molecule has 0 aliphatic carbocycles. The Hall–Kier alpha value is 0.210. The van der Waals surface area contributed by atoms with E-state index in [1.54, 1.807) is 6.92 Å². The molecule has 0 saturated carbocycles. The normalized spacial score (nSPS) is 16.8. The maximum absolute atomic E-state index is 9.36. The molecule has 1 atom stereocenters. The van der Waals surface area contributed by atoms with E-state index in [0.29, 0.717) is 6.54 Å². The second-order valence-electron chi connectivity index (χ2n) is 2.81. The van der Waals surface area contributed by atoms with Gasteiger partial charge in [0.1, 0.15) is 0 Å². The number of hydrogen-bond donors (Lipinski definition) is 2. The lowest BCUT2D eigenvalue weighted by molar-refractivity contribution is 0.0836. The molecule has 0 heterocycles. The number of alkyl halides is 1. The SMILES string of the molecule is CCCNCC(C)(O)CCl. The Balaban J connectivity index is 3.28. The van der Waals surface area contributed by atoms with Gasteiger partial charge in [-0.1, -0.05) is 6.92 Å². The van der Waals surface area contributed by atoms with E-state index in [9.17, 15) is 5.11 Å². The molecular weight excluding hydrogens is 150 g/mol. The molecule has 0 aromatic carbocycles. The van der Waals surface area contributed by atoms with E-state index in [4.69, 9.17) is 11.6 Å². The molecule has 0 fully saturated rings. The first-order chi connectivity index (χ1) is 4.62. The highest BCUT2D eigenvalue weighted by atomic mass is 35.5. The summed E-state index contributed by atoms with van der Waals surface area (Å²) in [5.41, 5.74) is -0.753. The van der Waals surface area contributed by atoms with E-state index in [-0.39, 0.29) is 5.88 Å². The van der Waals surface area contributed by atoms with Gasteiger partial charge in [0.25, 0.3) is 0 Å². The summed E-state index contributed by atoms with van der Waals surface area (Å²) in [5, 5.41) is 12.4. The number of halogens is 1. The van der Waals surface area contributed by atoms with Gasteiger partial charge in [-0.2, -0.15) is 0 Å². The summed E-state index contributed by atoms with van der Waals surface area (Å²) < 4.78 is 0. The smallest absolute Gasteiger partial charge is 0.0878 e. The van der Waals surface area contributed by atoms with Crippen LogP contribution in [-0.4, -0.2) is 29.7 Å². The molecule has 10 heavy (non-hydrogen) atoms. The molecule has 62 valence electrons. The van der Waals surface area contributed by atoms with Crippen LogP contribution in [0.5, 0.6) is 0 Å². The van der Waals surface area contributed by atoms with Gasteiger partial charge in [-0.05, 0) is 19.9 Å². The lowest BCUT2D eigenvalue weighted by atomic mass is 10.1. The van der Waals surface area contributed by atoms with Crippen molar-refractivity contribution in [3.05, 3.63) is 0 Å². The van der Waals surface area contributed by atoms with E-state index < -0.39 is 5.60 Å². The van der Waals surface area contributed by atoms with Crippen LogP contribution in [0.4, 0.5) is 0 Å². The van der Waals surface area contributed by atoms with Gasteiger partial charge < -0.3 is 10.4 Å². The van der Waals surface area contributed by atoms with E-state index in [1.165, 1.54) is 0 Å². The van der Waals surface area contributed by atoms with Crippen molar-refractivity contribution in [2.24, 2.45) is 0 Å². The Kier molecular flexibility index (Phi) is 5.04. The van der Waals surface area contributed by atoms with Gasteiger partial charge >= 0.3 is 0 Å². The van der Waals surface area contributed by atoms with Crippen molar-refractivity contribution in [2.75, 3.05) is 19.0 Å². The topological polar surface area (TPSA) is 32.3 Å². The Morgan fingerprint density at radius 3 is 2.60 bits per heavy atom. The maximum atomic E-state index is 9.36. The molecule has 0 bridgehead atoms. The summed E-state index contributed by atoms with van der Waals surface area (Å²) >= 11 is 5.48. The van der Waals surface area contributed by atoms with Crippen molar-refractivity contribution < 1.29 is 5.11 Å². The van der Waals surface area contributed by atoms with Crippen molar-refractivity contribution in [3.63, 3.8) is 0 Å². The Morgan fingerprint density at radius 1 is 1.60 bits per heavy atom. The van der Waals surface area contributed by atoms with Gasteiger partial charge in [0.2, 0.25) is 0 Å². The highest BCUT2D eigenvalue weighted by molar-refractivity contribution is 6.18. The predicted octanol–water partition coefficient (Wildman–Crippen LogP) is 0.976. The Bertz CT molecular complexity index is 85.7. The van der Waals surface area contributed by atoms with Gasteiger partial charge in [0, 0.05) is 6.54 Å². The summed E-state index contributed by atoms with van der Waals surface area (Å²) in [7, 11) is 0. The van der Waals surface area contributed by atoms with Crippen molar-refractivity contribution >= 4 is 11.6 Å². The lowest BCUT2D eigenvalue weighted by Gasteiger charge is -2.19. The average Bonchev–Trinajstić information content (AvgIpc) is 1.89. The van der Waals surface area contributed by atoms with Crippen LogP contribution in [0.25, 0.3) is 0 Å². The van der Waals surface area contributed by atoms with Gasteiger partial charge in [-0.15, -0.1) is 11.6 Å². The molecule has 2 N–H and O–H groups in total. The molecule has 0 aliphatic rings. The van der Waals surface area contributed by atoms with Crippen LogP contribution in [0.3, 0.4) is 0 Å². The summed E-state index contributed by atoms with van der Waals surface area (Å²) in [6.45, 7) is 5.32. The monoisotopic (exact) mass is 165 g/mol. The molecule has 0 aliphatic heterocycles. The first kappa shape index (κ1) is 10.2. The van der Waals surface area contributed by atoms with E-state index in [0.717, 1.165) is 13.0 Å². The molecule has 3 heteroatoms. The Labute approximate surface area is 67.6 Å². The van der Waals surface area contributed by atoms with Crippen LogP contribution in [-0.2, 0) is 0 Å². The van der Waals surface area contributed by atoms with Crippen LogP contribution in [0.15, 0.2) is 0 Å². The van der Waals surface area contributed by atoms with E-state index >= 15 is 0 Å². The second kappa shape index (κ2) is 4.94. The van der Waals surface area contributed by atoms with Crippen LogP contribution in [0.2, 0.25) is 0 Å². The van der Waals surface area contributed by atoms with Crippen molar-refractivity contribution in [2.45, 2.75) is 25.9 Å². The molecule has 0 aromatic heterocycles. The van der Waals surface area contributed by atoms with Crippen LogP contribution >= 0.6 is 11.6 Å². The van der Waals surface area contributed by atoms with Gasteiger partial charge in [-0.3, -0.25) is 0 Å². The summed E-state index contributed by atoms with van der Waals surface area (Å²) in [6.07, 6.45) is 1.08. The minimum atomic E-state index is -0.753. The quantitative estimate of drug-likeness (QED) is 0.470. The summed E-state index contributed by atoms with van der Waals surface area (Å²) in [6, 6.07) is 0. The van der Waals surface area contributed by atoms with E-state index in [1.807, 2.05) is 0 Å². The zero-order valence-electron chi connectivity index (χ0n) is 6.65. The zero-order chi connectivity index (χ0) is 8.04. The maximum Gasteiger partial charge on any atom is 0.0878 e. The molecule has 0 radical (unpaired) electrons. The van der Waals surface area contributed by atoms with Crippen molar-refractivity contribution in [3.8, 4) is 0 Å². The zero-order valence-corrected chi connectivity index (χ0v) is 7.41. The summed E-state index contributed by atoms with van der Waals surface area (Å²) in [4.78, 5) is 0. The molecule has 0 rings (SSSR count). The number of aliphatic hydroxyl groups is 1. The fraction of sp³-hybridized carbons (Fsp3) is 1.00. The van der Waals surface area contributed by atoms with E-state index in [2.05, 4.69) is 12.2 Å². The lowest BCUT2D eigenvalue weighted by Crippen LogP contribution is -2.39. The van der Waals surface area contributed by atoms with Crippen molar-refractivity contribution in [1.29, 1.82) is 0 Å². The van der Waals surface area contributed by atoms with Gasteiger partial charge in [0.15, 0.2) is 0 Å². The minimum absolute atomic E-state index is 0.281. The standard InChI is InChI=1S/C7H16ClNO/c1-3-4-9-6-7(2,10)5-8/h9-10H,3-6H2,1-2H3. The fourth-order valence-electron chi connectivity index (χ4n) is 0.582. The largest absolute Gasteiger partial charge is 0.388 e. The molecule has 2 nitrogen and oxygen atoms in total. The first-order valence-electron chi connectivity index (χ1n) is 3.61. The first-order valence-corrected chi connectivity index (χ1v) is 4.15. The van der Waals surface area contributed by atoms with Crippen LogP contribution < -0.4 is 5.32 Å². The molecular formula is C7H16ClNO. The summed E-state index contributed by atoms with van der Waals surface area (Å²) in [5.74, 6) is 0.281. The second-order valence-corrected chi connectivity index (χ2v) is 3.07. The third-order valence-corrected chi connectivity index (χ3v) is 1.80. The van der Waals surface area contributed by atoms with Crippen LogP contribution in [0.1, 0.15) is 20.3 Å². The minimum Gasteiger partial charge on any atom is -0.388 e. The number of rotatable bonds is 5. The molecule has 0 spiro atoms. The van der Waals surface area contributed by atoms with Crippen molar-refractivity contribution in [1.82, 2.24) is 5.32 Å². The third kappa shape index (κ3) is 5.03. The third-order valence-electron chi connectivity index (χ3n) is 1.22. The molecule has 0 amide bonds. The van der Waals surface area contributed by atoms with Gasteiger partial charge in [0.05, 0.1) is 11.5 Å².